The van der Waals surface area contributed by atoms with Gasteiger partial charge in [0.1, 0.15) is 17.1 Å². The van der Waals surface area contributed by atoms with E-state index in [1.807, 2.05) is 18.2 Å². The number of anilines is 1. The van der Waals surface area contributed by atoms with Gasteiger partial charge in [0.05, 0.1) is 23.9 Å². The van der Waals surface area contributed by atoms with E-state index in [1.165, 1.54) is 13.2 Å². The fourth-order valence-electron chi connectivity index (χ4n) is 4.37. The van der Waals surface area contributed by atoms with Gasteiger partial charge in [-0.1, -0.05) is 19.8 Å². The molecule has 0 aliphatic carbocycles. The number of aryl methyl sites for hydroxylation is 2. The van der Waals surface area contributed by atoms with Crippen LogP contribution in [0.1, 0.15) is 64.6 Å². The Morgan fingerprint density at radius 3 is 2.57 bits per heavy atom. The molecule has 0 aliphatic heterocycles. The molecule has 3 aromatic rings. The highest BCUT2D eigenvalue weighted by molar-refractivity contribution is 7.88. The number of nitrogens with two attached hydrogens (primary N) is 1. The predicted molar refractivity (Wildman–Crippen MR) is 148 cm³/mol. The van der Waals surface area contributed by atoms with Gasteiger partial charge < -0.3 is 20.4 Å². The molecule has 37 heavy (non-hydrogen) atoms. The number of carbonyl (C=O) groups excluding carboxylic acids is 1. The third kappa shape index (κ3) is 8.57. The van der Waals surface area contributed by atoms with E-state index < -0.39 is 10.0 Å². The summed E-state index contributed by atoms with van der Waals surface area (Å²) in [7, 11) is -3.18. The van der Waals surface area contributed by atoms with Crippen molar-refractivity contribution in [2.24, 2.45) is 0 Å². The van der Waals surface area contributed by atoms with E-state index in [-0.39, 0.29) is 5.91 Å². The van der Waals surface area contributed by atoms with E-state index in [1.54, 1.807) is 0 Å². The van der Waals surface area contributed by atoms with Gasteiger partial charge in [-0.2, -0.15) is 0 Å². The summed E-state index contributed by atoms with van der Waals surface area (Å²) >= 11 is 0. The van der Waals surface area contributed by atoms with Crippen molar-refractivity contribution < 1.29 is 17.9 Å². The number of ether oxygens (including phenoxy) is 1. The number of nitrogens with zero attached hydrogens (tertiary/aromatic N) is 3. The van der Waals surface area contributed by atoms with Crippen molar-refractivity contribution in [1.82, 2.24) is 24.6 Å². The summed E-state index contributed by atoms with van der Waals surface area (Å²) in [4.78, 5) is 20.3. The van der Waals surface area contributed by atoms with E-state index in [4.69, 9.17) is 15.5 Å². The monoisotopic (exact) mass is 532 g/mol. The Bertz CT molecular complexity index is 1310. The molecule has 0 saturated heterocycles. The molecule has 1 amide bonds. The lowest BCUT2D eigenvalue weighted by molar-refractivity contribution is -0.118. The first kappa shape index (κ1) is 28.6. The Balaban J connectivity index is 1.70. The van der Waals surface area contributed by atoms with Gasteiger partial charge in [-0.3, -0.25) is 4.79 Å². The summed E-state index contributed by atoms with van der Waals surface area (Å²) in [6, 6.07) is 5.91. The van der Waals surface area contributed by atoms with Crippen molar-refractivity contribution in [2.75, 3.05) is 31.7 Å². The number of fused-ring (bicyclic) bond motifs is 3. The Kier molecular flexibility index (Phi) is 10.5. The lowest BCUT2D eigenvalue weighted by Gasteiger charge is -2.12. The van der Waals surface area contributed by atoms with Crippen molar-refractivity contribution >= 4 is 43.7 Å². The van der Waals surface area contributed by atoms with Crippen LogP contribution >= 0.6 is 0 Å². The molecule has 0 radical (unpaired) electrons. The maximum atomic E-state index is 11.3. The number of aromatic nitrogens is 3. The molecular formula is C26H40N6O4S. The summed E-state index contributed by atoms with van der Waals surface area (Å²) in [5.74, 6) is 2.13. The Hall–Kier alpha value is -2.92. The molecule has 3 rings (SSSR count). The van der Waals surface area contributed by atoms with Crippen LogP contribution in [0.3, 0.4) is 0 Å². The molecular weight excluding hydrogens is 492 g/mol. The molecule has 0 fully saturated rings. The molecule has 0 bridgehead atoms. The molecule has 10 nitrogen and oxygen atoms in total. The SMILES string of the molecule is CCCc1nc2c(N)nc3cc(OCCCCCCNC(C)=O)ccc3c2n1CCCCNS(C)(=O)=O. The second-order valence-corrected chi connectivity index (χ2v) is 11.3. The third-order valence-corrected chi connectivity index (χ3v) is 6.84. The number of sulfonamides is 1. The first-order valence-corrected chi connectivity index (χ1v) is 15.0. The van der Waals surface area contributed by atoms with E-state index in [0.717, 1.165) is 92.4 Å². The molecule has 0 aliphatic rings. The van der Waals surface area contributed by atoms with Crippen LogP contribution in [0.25, 0.3) is 21.9 Å². The van der Waals surface area contributed by atoms with Crippen LogP contribution in [0.15, 0.2) is 18.2 Å². The maximum absolute atomic E-state index is 11.3. The Morgan fingerprint density at radius 1 is 1.08 bits per heavy atom. The molecule has 0 spiro atoms. The summed E-state index contributed by atoms with van der Waals surface area (Å²) in [6.07, 6.45) is 8.47. The van der Waals surface area contributed by atoms with Crippen molar-refractivity contribution in [3.63, 3.8) is 0 Å². The van der Waals surface area contributed by atoms with Gasteiger partial charge in [-0.25, -0.2) is 23.1 Å². The van der Waals surface area contributed by atoms with Gasteiger partial charge in [-0.05, 0) is 44.2 Å². The fourth-order valence-corrected chi connectivity index (χ4v) is 4.89. The third-order valence-electron chi connectivity index (χ3n) is 6.11. The minimum absolute atomic E-state index is 0.0118. The Labute approximate surface area is 219 Å². The van der Waals surface area contributed by atoms with Gasteiger partial charge in [0.2, 0.25) is 15.9 Å². The number of rotatable bonds is 16. The highest BCUT2D eigenvalue weighted by atomic mass is 32.2. The number of nitrogens with one attached hydrogen (secondary N) is 2. The largest absolute Gasteiger partial charge is 0.494 e. The first-order valence-electron chi connectivity index (χ1n) is 13.1. The zero-order valence-corrected chi connectivity index (χ0v) is 23.0. The zero-order chi connectivity index (χ0) is 26.8. The summed E-state index contributed by atoms with van der Waals surface area (Å²) in [6.45, 7) is 6.11. The fraction of sp³-hybridized carbons (Fsp3) is 0.577. The highest BCUT2D eigenvalue weighted by Gasteiger charge is 2.17. The summed E-state index contributed by atoms with van der Waals surface area (Å²) in [5, 5.41) is 3.78. The van der Waals surface area contributed by atoms with Gasteiger partial charge in [0.25, 0.3) is 0 Å². The number of pyridine rings is 1. The van der Waals surface area contributed by atoms with Crippen molar-refractivity contribution in [3.8, 4) is 5.75 Å². The number of hydrogen-bond acceptors (Lipinski definition) is 7. The van der Waals surface area contributed by atoms with Gasteiger partial charge >= 0.3 is 0 Å². The van der Waals surface area contributed by atoms with Crippen LogP contribution in [0.2, 0.25) is 0 Å². The summed E-state index contributed by atoms with van der Waals surface area (Å²) in [5.41, 5.74) is 8.78. The van der Waals surface area contributed by atoms with E-state index in [9.17, 15) is 13.2 Å². The average molecular weight is 533 g/mol. The van der Waals surface area contributed by atoms with Crippen LogP contribution in [0.5, 0.6) is 5.75 Å². The molecule has 2 heterocycles. The second-order valence-electron chi connectivity index (χ2n) is 9.42. The molecule has 11 heteroatoms. The van der Waals surface area contributed by atoms with Crippen molar-refractivity contribution in [2.45, 2.75) is 71.8 Å². The normalized spacial score (nSPS) is 11.9. The summed E-state index contributed by atoms with van der Waals surface area (Å²) < 4.78 is 33.4. The Morgan fingerprint density at radius 2 is 1.84 bits per heavy atom. The standard InChI is InChI=1S/C26H40N6O4S/c1-4-11-23-31-24-25(32(23)16-9-8-15-29-37(3,34)35)21-13-12-20(18-22(21)30-26(24)27)36-17-10-6-5-7-14-28-19(2)33/h12-13,18,29H,4-11,14-17H2,1-3H3,(H2,27,30)(H,28,33). The minimum atomic E-state index is -3.18. The average Bonchev–Trinajstić information content (AvgIpc) is 3.19. The molecule has 0 atom stereocenters. The number of imidazole rings is 1. The van der Waals surface area contributed by atoms with Crippen LogP contribution in [0, 0.1) is 0 Å². The quantitative estimate of drug-likeness (QED) is 0.240. The topological polar surface area (TPSA) is 141 Å². The molecule has 0 unspecified atom stereocenters. The number of unbranched alkanes of at least 4 members (excludes halogenated alkanes) is 4. The maximum Gasteiger partial charge on any atom is 0.216 e. The van der Waals surface area contributed by atoms with Crippen LogP contribution < -0.4 is 20.5 Å². The smallest absolute Gasteiger partial charge is 0.216 e. The number of nitrogen functional groups attached to an aromatic ring is 1. The molecule has 4 N–H and O–H groups in total. The van der Waals surface area contributed by atoms with Gasteiger partial charge in [0.15, 0.2) is 5.82 Å². The molecule has 1 aromatic carbocycles. The number of benzene rings is 1. The van der Waals surface area contributed by atoms with E-state index in [0.29, 0.717) is 24.5 Å². The number of carbonyl (C=O) groups is 1. The van der Waals surface area contributed by atoms with Gasteiger partial charge in [0, 0.05) is 44.4 Å². The zero-order valence-electron chi connectivity index (χ0n) is 22.2. The minimum Gasteiger partial charge on any atom is -0.494 e. The van der Waals surface area contributed by atoms with Crippen LogP contribution in [-0.4, -0.2) is 54.8 Å². The molecule has 0 saturated carbocycles. The lowest BCUT2D eigenvalue weighted by atomic mass is 10.1. The van der Waals surface area contributed by atoms with E-state index >= 15 is 0 Å². The van der Waals surface area contributed by atoms with Crippen molar-refractivity contribution in [1.29, 1.82) is 0 Å². The number of hydrogen-bond donors (Lipinski definition) is 3. The first-order chi connectivity index (χ1) is 17.7. The molecule has 2 aromatic heterocycles. The number of amides is 1. The second kappa shape index (κ2) is 13.6. The van der Waals surface area contributed by atoms with Crippen LogP contribution in [0.4, 0.5) is 5.82 Å². The molecule has 204 valence electrons. The van der Waals surface area contributed by atoms with E-state index in [2.05, 4.69) is 26.5 Å². The highest BCUT2D eigenvalue weighted by Crippen LogP contribution is 2.31. The predicted octanol–water partition coefficient (Wildman–Crippen LogP) is 3.52. The van der Waals surface area contributed by atoms with Crippen LogP contribution in [-0.2, 0) is 27.8 Å². The van der Waals surface area contributed by atoms with Crippen molar-refractivity contribution in [3.05, 3.63) is 24.0 Å². The lowest BCUT2D eigenvalue weighted by Crippen LogP contribution is -2.23. The van der Waals surface area contributed by atoms with Gasteiger partial charge in [-0.15, -0.1) is 0 Å².